The van der Waals surface area contributed by atoms with E-state index in [0.717, 1.165) is 5.69 Å². The van der Waals surface area contributed by atoms with E-state index < -0.39 is 24.3 Å². The van der Waals surface area contributed by atoms with E-state index in [0.29, 0.717) is 18.2 Å². The Bertz CT molecular complexity index is 1020. The number of fused-ring (bicyclic) bond motifs is 1. The van der Waals surface area contributed by atoms with Crippen molar-refractivity contribution in [2.24, 2.45) is 0 Å². The largest absolute Gasteiger partial charge is 0.465 e. The van der Waals surface area contributed by atoms with E-state index in [9.17, 15) is 9.59 Å². The van der Waals surface area contributed by atoms with Crippen LogP contribution in [0.1, 0.15) is 36.8 Å². The Morgan fingerprint density at radius 2 is 1.85 bits per heavy atom. The molecule has 2 N–H and O–H groups in total. The number of aromatic nitrogens is 2. The van der Waals surface area contributed by atoms with Crippen molar-refractivity contribution in [1.29, 1.82) is 0 Å². The zero-order chi connectivity index (χ0) is 23.6. The van der Waals surface area contributed by atoms with Gasteiger partial charge in [-0.05, 0) is 18.2 Å². The summed E-state index contributed by atoms with van der Waals surface area (Å²) in [6.07, 6.45) is -0.307. The highest BCUT2D eigenvalue weighted by Gasteiger charge is 2.49. The second-order valence-corrected chi connectivity index (χ2v) is 8.97. The lowest BCUT2D eigenvalue weighted by molar-refractivity contribution is 0.00916. The number of hydrogen-bond acceptors (Lipinski definition) is 9. The molecule has 4 rings (SSSR count). The maximum atomic E-state index is 12.5. The molecule has 0 spiro atoms. The summed E-state index contributed by atoms with van der Waals surface area (Å²) in [7, 11) is 1.28. The van der Waals surface area contributed by atoms with Crippen molar-refractivity contribution in [3.63, 3.8) is 0 Å². The van der Waals surface area contributed by atoms with Crippen LogP contribution in [0.3, 0.4) is 0 Å². The average Bonchev–Trinajstić information content (AvgIpc) is 3.36. The molecule has 0 radical (unpaired) electrons. The number of carbonyl (C=O) groups is 2. The van der Waals surface area contributed by atoms with E-state index in [-0.39, 0.29) is 29.7 Å². The molecule has 1 amide bonds. The molecular formula is C23H28N4O6. The zero-order valence-corrected chi connectivity index (χ0v) is 19.0. The first-order valence-electron chi connectivity index (χ1n) is 10.7. The van der Waals surface area contributed by atoms with Gasteiger partial charge in [-0.15, -0.1) is 0 Å². The molecule has 3 heterocycles. The van der Waals surface area contributed by atoms with Gasteiger partial charge in [0, 0.05) is 11.6 Å². The van der Waals surface area contributed by atoms with Crippen molar-refractivity contribution in [3.8, 4) is 0 Å². The highest BCUT2D eigenvalue weighted by atomic mass is 16.6. The molecule has 2 aromatic rings. The van der Waals surface area contributed by atoms with Gasteiger partial charge in [-0.25, -0.2) is 19.6 Å². The van der Waals surface area contributed by atoms with Crippen LogP contribution in [0.4, 0.5) is 16.4 Å². The van der Waals surface area contributed by atoms with Crippen molar-refractivity contribution < 1.29 is 28.5 Å². The first kappa shape index (κ1) is 22.9. The van der Waals surface area contributed by atoms with E-state index in [1.807, 2.05) is 6.07 Å². The summed E-state index contributed by atoms with van der Waals surface area (Å²) in [6, 6.07) is 8.25. The van der Waals surface area contributed by atoms with E-state index in [1.54, 1.807) is 30.5 Å². The fourth-order valence-electron chi connectivity index (χ4n) is 3.86. The molecule has 33 heavy (non-hydrogen) atoms. The Hall–Kier alpha value is -3.24. The van der Waals surface area contributed by atoms with Gasteiger partial charge in [0.05, 0.1) is 43.3 Å². The number of methoxy groups -OCH3 is 1. The van der Waals surface area contributed by atoms with Gasteiger partial charge in [0.15, 0.2) is 6.10 Å². The fraction of sp³-hybridized carbons (Fsp3) is 0.478. The summed E-state index contributed by atoms with van der Waals surface area (Å²) >= 11 is 0. The number of carbonyl (C=O) groups excluding carboxylic acids is 2. The molecule has 0 unspecified atom stereocenters. The Labute approximate surface area is 192 Å². The number of para-hydroxylation sites is 1. The van der Waals surface area contributed by atoms with Crippen molar-refractivity contribution in [2.45, 2.75) is 50.5 Å². The minimum atomic E-state index is -0.707. The van der Waals surface area contributed by atoms with Crippen LogP contribution >= 0.6 is 0 Å². The standard InChI is InChI=1S/C23H28N4O6/c1-23(2,3)17-9-10-24-21(27-17)25-15-11-31-19-16(12-32-18(15)19)33-22(29)26-14-8-6-5-7-13(14)20(28)30-4/h5-10,15-16,18-19H,11-12H2,1-4H3,(H,26,29)(H,24,25,27)/t15-,16+,18+,19+/m0/s1. The lowest BCUT2D eigenvalue weighted by Crippen LogP contribution is -2.38. The SMILES string of the molecule is COC(=O)c1ccccc1NC(=O)O[C@@H]1CO[C@H]2[C@@H]1OC[C@@H]2Nc1nccc(C(C)(C)C)n1. The van der Waals surface area contributed by atoms with Crippen LogP contribution in [0.2, 0.25) is 0 Å². The van der Waals surface area contributed by atoms with E-state index in [2.05, 4.69) is 41.4 Å². The molecule has 2 fully saturated rings. The lowest BCUT2D eigenvalue weighted by atomic mass is 9.92. The molecule has 2 aliphatic heterocycles. The van der Waals surface area contributed by atoms with E-state index >= 15 is 0 Å². The number of benzene rings is 1. The average molecular weight is 456 g/mol. The van der Waals surface area contributed by atoms with Crippen molar-refractivity contribution in [2.75, 3.05) is 31.0 Å². The maximum absolute atomic E-state index is 12.5. The van der Waals surface area contributed by atoms with Gasteiger partial charge in [0.25, 0.3) is 0 Å². The third-order valence-electron chi connectivity index (χ3n) is 5.57. The fourth-order valence-corrected chi connectivity index (χ4v) is 3.86. The molecule has 0 bridgehead atoms. The first-order chi connectivity index (χ1) is 15.8. The molecule has 10 heteroatoms. The lowest BCUT2D eigenvalue weighted by Gasteiger charge is -2.20. The zero-order valence-electron chi connectivity index (χ0n) is 19.0. The quantitative estimate of drug-likeness (QED) is 0.654. The van der Waals surface area contributed by atoms with Gasteiger partial charge >= 0.3 is 12.1 Å². The third kappa shape index (κ3) is 5.07. The molecule has 10 nitrogen and oxygen atoms in total. The Morgan fingerprint density at radius 3 is 2.61 bits per heavy atom. The smallest absolute Gasteiger partial charge is 0.412 e. The van der Waals surface area contributed by atoms with Gasteiger partial charge in [0.1, 0.15) is 12.2 Å². The Morgan fingerprint density at radius 1 is 1.09 bits per heavy atom. The van der Waals surface area contributed by atoms with Gasteiger partial charge < -0.3 is 24.3 Å². The van der Waals surface area contributed by atoms with Crippen LogP contribution in [0.25, 0.3) is 0 Å². The summed E-state index contributed by atoms with van der Waals surface area (Å²) in [4.78, 5) is 33.3. The van der Waals surface area contributed by atoms with Crippen molar-refractivity contribution >= 4 is 23.7 Å². The minimum Gasteiger partial charge on any atom is -0.465 e. The predicted octanol–water partition coefficient (Wildman–Crippen LogP) is 2.76. The molecule has 1 aromatic carbocycles. The van der Waals surface area contributed by atoms with Gasteiger partial charge in [-0.2, -0.15) is 0 Å². The molecule has 0 aliphatic carbocycles. The number of anilines is 2. The second-order valence-electron chi connectivity index (χ2n) is 8.97. The summed E-state index contributed by atoms with van der Waals surface area (Å²) < 4.78 is 22.1. The first-order valence-corrected chi connectivity index (χ1v) is 10.7. The highest BCUT2D eigenvalue weighted by Crippen LogP contribution is 2.31. The number of nitrogens with one attached hydrogen (secondary N) is 2. The highest BCUT2D eigenvalue weighted by molar-refractivity contribution is 5.99. The van der Waals surface area contributed by atoms with Crippen LogP contribution in [0.15, 0.2) is 36.5 Å². The van der Waals surface area contributed by atoms with Crippen LogP contribution in [-0.4, -0.2) is 66.7 Å². The summed E-state index contributed by atoms with van der Waals surface area (Å²) in [5.41, 5.74) is 1.35. The number of nitrogens with zero attached hydrogens (tertiary/aromatic N) is 2. The van der Waals surface area contributed by atoms with Crippen LogP contribution in [0.5, 0.6) is 0 Å². The minimum absolute atomic E-state index is 0.100. The topological polar surface area (TPSA) is 121 Å². The van der Waals surface area contributed by atoms with Gasteiger partial charge in [-0.1, -0.05) is 32.9 Å². The normalized spacial score (nSPS) is 24.1. The monoisotopic (exact) mass is 456 g/mol. The van der Waals surface area contributed by atoms with Crippen molar-refractivity contribution in [1.82, 2.24) is 9.97 Å². The molecule has 2 saturated heterocycles. The molecule has 4 atom stereocenters. The van der Waals surface area contributed by atoms with E-state index in [1.165, 1.54) is 7.11 Å². The molecular weight excluding hydrogens is 428 g/mol. The Balaban J connectivity index is 1.36. The van der Waals surface area contributed by atoms with Crippen LogP contribution < -0.4 is 10.6 Å². The van der Waals surface area contributed by atoms with E-state index in [4.69, 9.17) is 18.9 Å². The molecule has 176 valence electrons. The van der Waals surface area contributed by atoms with Gasteiger partial charge in [-0.3, -0.25) is 5.32 Å². The van der Waals surface area contributed by atoms with Gasteiger partial charge in [0.2, 0.25) is 5.95 Å². The number of rotatable bonds is 5. The third-order valence-corrected chi connectivity index (χ3v) is 5.57. The summed E-state index contributed by atoms with van der Waals surface area (Å²) in [6.45, 7) is 6.83. The number of ether oxygens (including phenoxy) is 4. The summed E-state index contributed by atoms with van der Waals surface area (Å²) in [5.74, 6) is -0.0530. The Kier molecular flexibility index (Phi) is 6.48. The molecule has 0 saturated carbocycles. The molecule has 2 aliphatic rings. The number of esters is 1. The number of hydrogen-bond donors (Lipinski definition) is 2. The van der Waals surface area contributed by atoms with Crippen LogP contribution in [0, 0.1) is 0 Å². The predicted molar refractivity (Wildman–Crippen MR) is 119 cm³/mol. The molecule has 1 aromatic heterocycles. The van der Waals surface area contributed by atoms with Crippen molar-refractivity contribution in [3.05, 3.63) is 47.8 Å². The van der Waals surface area contributed by atoms with Crippen LogP contribution in [-0.2, 0) is 24.4 Å². The maximum Gasteiger partial charge on any atom is 0.412 e. The second kappa shape index (κ2) is 9.32. The number of amides is 1. The summed E-state index contributed by atoms with van der Waals surface area (Å²) in [5, 5.41) is 5.88.